The first-order valence-electron chi connectivity index (χ1n) is 9.83. The van der Waals surface area contributed by atoms with Crippen molar-refractivity contribution in [1.29, 1.82) is 0 Å². The van der Waals surface area contributed by atoms with Gasteiger partial charge in [0, 0.05) is 37.5 Å². The van der Waals surface area contributed by atoms with E-state index in [1.54, 1.807) is 20.3 Å². The number of rotatable bonds is 8. The van der Waals surface area contributed by atoms with Gasteiger partial charge in [-0.3, -0.25) is 9.59 Å². The molecule has 2 amide bonds. The van der Waals surface area contributed by atoms with E-state index >= 15 is 0 Å². The summed E-state index contributed by atoms with van der Waals surface area (Å²) in [4.78, 5) is 26.5. The Morgan fingerprint density at radius 2 is 1.93 bits per heavy atom. The lowest BCUT2D eigenvalue weighted by atomic mass is 10.1. The summed E-state index contributed by atoms with van der Waals surface area (Å²) in [6.45, 7) is 3.78. The fraction of sp³-hybridized carbons (Fsp3) is 0.391. The van der Waals surface area contributed by atoms with Gasteiger partial charge in [0.05, 0.1) is 14.2 Å². The minimum Gasteiger partial charge on any atom is -0.493 e. The minimum absolute atomic E-state index is 0.0927. The maximum atomic E-state index is 12.4. The number of carbonyl (C=O) groups excluding carboxylic acids is 2. The van der Waals surface area contributed by atoms with Crippen LogP contribution in [0.2, 0.25) is 0 Å². The third-order valence-corrected chi connectivity index (χ3v) is 5.24. The maximum absolute atomic E-state index is 12.4. The van der Waals surface area contributed by atoms with Crippen molar-refractivity contribution in [2.75, 3.05) is 33.9 Å². The molecule has 3 rings (SSSR count). The molecule has 1 N–H and O–H groups in total. The Balaban J connectivity index is 1.49. The average Bonchev–Trinajstić information content (AvgIpc) is 3.09. The Kier molecular flexibility index (Phi) is 6.75. The number of carbonyl (C=O) groups is 2. The van der Waals surface area contributed by atoms with Gasteiger partial charge in [-0.05, 0) is 43.2 Å². The van der Waals surface area contributed by atoms with Crippen molar-refractivity contribution in [3.63, 3.8) is 0 Å². The molecule has 1 aliphatic heterocycles. The van der Waals surface area contributed by atoms with Crippen LogP contribution in [0, 0.1) is 12.8 Å². The second-order valence-corrected chi connectivity index (χ2v) is 7.43. The van der Waals surface area contributed by atoms with Crippen LogP contribution in [0.3, 0.4) is 0 Å². The van der Waals surface area contributed by atoms with E-state index < -0.39 is 0 Å². The van der Waals surface area contributed by atoms with Gasteiger partial charge < -0.3 is 19.7 Å². The quantitative estimate of drug-likeness (QED) is 0.745. The van der Waals surface area contributed by atoms with E-state index in [1.807, 2.05) is 48.2 Å². The summed E-state index contributed by atoms with van der Waals surface area (Å²) in [5.74, 6) is 1.57. The molecule has 1 saturated heterocycles. The summed E-state index contributed by atoms with van der Waals surface area (Å²) in [6, 6.07) is 13.3. The third kappa shape index (κ3) is 5.28. The van der Waals surface area contributed by atoms with Crippen LogP contribution >= 0.6 is 0 Å². The molecule has 1 heterocycles. The molecule has 6 nitrogen and oxygen atoms in total. The van der Waals surface area contributed by atoms with E-state index in [2.05, 4.69) is 5.32 Å². The summed E-state index contributed by atoms with van der Waals surface area (Å²) >= 11 is 0. The van der Waals surface area contributed by atoms with Crippen LogP contribution in [0.4, 0.5) is 0 Å². The van der Waals surface area contributed by atoms with E-state index in [0.717, 1.165) is 17.5 Å². The van der Waals surface area contributed by atoms with Crippen LogP contribution in [0.25, 0.3) is 0 Å². The highest BCUT2D eigenvalue weighted by Crippen LogP contribution is 2.28. The molecular formula is C23H28N2O4. The van der Waals surface area contributed by atoms with Crippen molar-refractivity contribution < 1.29 is 19.1 Å². The SMILES string of the molecule is COc1ccc(CCN2CC(CNC(=O)c3cccc(C)c3)CC2=O)cc1OC. The van der Waals surface area contributed by atoms with E-state index in [9.17, 15) is 9.59 Å². The van der Waals surface area contributed by atoms with Crippen molar-refractivity contribution in [2.24, 2.45) is 5.92 Å². The Labute approximate surface area is 171 Å². The second-order valence-electron chi connectivity index (χ2n) is 7.43. The summed E-state index contributed by atoms with van der Waals surface area (Å²) in [6.07, 6.45) is 1.22. The molecule has 0 bridgehead atoms. The van der Waals surface area contributed by atoms with Gasteiger partial charge in [-0.25, -0.2) is 0 Å². The van der Waals surface area contributed by atoms with Gasteiger partial charge in [0.25, 0.3) is 5.91 Å². The molecular weight excluding hydrogens is 368 g/mol. The fourth-order valence-corrected chi connectivity index (χ4v) is 3.63. The first kappa shape index (κ1) is 20.7. The van der Waals surface area contributed by atoms with Crippen molar-refractivity contribution >= 4 is 11.8 Å². The monoisotopic (exact) mass is 396 g/mol. The lowest BCUT2D eigenvalue weighted by Crippen LogP contribution is -2.32. The fourth-order valence-electron chi connectivity index (χ4n) is 3.63. The third-order valence-electron chi connectivity index (χ3n) is 5.24. The molecule has 0 aromatic heterocycles. The number of hydrogen-bond acceptors (Lipinski definition) is 4. The van der Waals surface area contributed by atoms with E-state index in [4.69, 9.17) is 9.47 Å². The minimum atomic E-state index is -0.0927. The number of nitrogens with one attached hydrogen (secondary N) is 1. The zero-order valence-corrected chi connectivity index (χ0v) is 17.2. The van der Waals surface area contributed by atoms with Gasteiger partial charge >= 0.3 is 0 Å². The molecule has 0 aliphatic carbocycles. The highest BCUT2D eigenvalue weighted by Gasteiger charge is 2.29. The van der Waals surface area contributed by atoms with Crippen LogP contribution in [0.1, 0.15) is 27.9 Å². The summed E-state index contributed by atoms with van der Waals surface area (Å²) in [5.41, 5.74) is 2.79. The number of aryl methyl sites for hydroxylation is 1. The first-order valence-corrected chi connectivity index (χ1v) is 9.83. The lowest BCUT2D eigenvalue weighted by molar-refractivity contribution is -0.127. The molecule has 1 fully saturated rings. The first-order chi connectivity index (χ1) is 14.0. The van der Waals surface area contributed by atoms with Crippen molar-refractivity contribution in [3.8, 4) is 11.5 Å². The summed E-state index contributed by atoms with van der Waals surface area (Å²) in [5, 5.41) is 2.96. The zero-order valence-electron chi connectivity index (χ0n) is 17.2. The Bertz CT molecular complexity index is 881. The smallest absolute Gasteiger partial charge is 0.251 e. The van der Waals surface area contributed by atoms with Crippen LogP contribution in [0.15, 0.2) is 42.5 Å². The van der Waals surface area contributed by atoms with E-state index in [1.165, 1.54) is 0 Å². The molecule has 1 aliphatic rings. The maximum Gasteiger partial charge on any atom is 0.251 e. The second kappa shape index (κ2) is 9.45. The van der Waals surface area contributed by atoms with Crippen LogP contribution in [-0.4, -0.2) is 50.6 Å². The Morgan fingerprint density at radius 1 is 1.14 bits per heavy atom. The standard InChI is InChI=1S/C23H28N2O4/c1-16-5-4-6-19(11-16)23(27)24-14-18-13-22(26)25(15-18)10-9-17-7-8-20(28-2)21(12-17)29-3/h4-8,11-12,18H,9-10,13-15H2,1-3H3,(H,24,27). The molecule has 2 aromatic rings. The highest BCUT2D eigenvalue weighted by atomic mass is 16.5. The van der Waals surface area contributed by atoms with Gasteiger partial charge in [-0.2, -0.15) is 0 Å². The number of likely N-dealkylation sites (tertiary alicyclic amines) is 1. The van der Waals surface area contributed by atoms with Gasteiger partial charge in [-0.1, -0.05) is 23.8 Å². The summed E-state index contributed by atoms with van der Waals surface area (Å²) in [7, 11) is 3.22. The molecule has 6 heteroatoms. The molecule has 2 aromatic carbocycles. The summed E-state index contributed by atoms with van der Waals surface area (Å²) < 4.78 is 10.6. The average molecular weight is 396 g/mol. The van der Waals surface area contributed by atoms with Gasteiger partial charge in [-0.15, -0.1) is 0 Å². The lowest BCUT2D eigenvalue weighted by Gasteiger charge is -2.17. The van der Waals surface area contributed by atoms with Crippen LogP contribution in [-0.2, 0) is 11.2 Å². The number of amides is 2. The molecule has 0 spiro atoms. The predicted molar refractivity (Wildman–Crippen MR) is 111 cm³/mol. The zero-order chi connectivity index (χ0) is 20.8. The number of nitrogens with zero attached hydrogens (tertiary/aromatic N) is 1. The van der Waals surface area contributed by atoms with Crippen molar-refractivity contribution in [1.82, 2.24) is 10.2 Å². The number of methoxy groups -OCH3 is 2. The van der Waals surface area contributed by atoms with E-state index in [-0.39, 0.29) is 17.7 Å². The van der Waals surface area contributed by atoms with Crippen molar-refractivity contribution in [2.45, 2.75) is 19.8 Å². The molecule has 0 radical (unpaired) electrons. The molecule has 29 heavy (non-hydrogen) atoms. The van der Waals surface area contributed by atoms with E-state index in [0.29, 0.717) is 43.1 Å². The molecule has 154 valence electrons. The van der Waals surface area contributed by atoms with Crippen LogP contribution < -0.4 is 14.8 Å². The van der Waals surface area contributed by atoms with Gasteiger partial charge in [0.2, 0.25) is 5.91 Å². The topological polar surface area (TPSA) is 67.9 Å². The number of ether oxygens (including phenoxy) is 2. The van der Waals surface area contributed by atoms with Gasteiger partial charge in [0.15, 0.2) is 11.5 Å². The number of hydrogen-bond donors (Lipinski definition) is 1. The normalized spacial score (nSPS) is 16.0. The Morgan fingerprint density at radius 3 is 2.66 bits per heavy atom. The Hall–Kier alpha value is -3.02. The molecule has 0 saturated carbocycles. The molecule has 1 unspecified atom stereocenters. The number of benzene rings is 2. The van der Waals surface area contributed by atoms with Gasteiger partial charge in [0.1, 0.15) is 0 Å². The van der Waals surface area contributed by atoms with Crippen molar-refractivity contribution in [3.05, 3.63) is 59.2 Å². The largest absolute Gasteiger partial charge is 0.493 e. The highest BCUT2D eigenvalue weighted by molar-refractivity contribution is 5.94. The predicted octanol–water partition coefficient (Wildman–Crippen LogP) is 2.83. The molecule has 1 atom stereocenters. The van der Waals surface area contributed by atoms with Crippen LogP contribution in [0.5, 0.6) is 11.5 Å².